The van der Waals surface area contributed by atoms with Gasteiger partial charge >= 0.3 is 0 Å². The maximum absolute atomic E-state index is 5.96. The number of aryl methyl sites for hydroxylation is 1. The summed E-state index contributed by atoms with van der Waals surface area (Å²) in [7, 11) is 1.63. The van der Waals surface area contributed by atoms with Gasteiger partial charge in [0.1, 0.15) is 16.5 Å². The number of hydrogen-bond acceptors (Lipinski definition) is 4. The topological polar surface area (TPSA) is 61.3 Å². The van der Waals surface area contributed by atoms with Crippen molar-refractivity contribution in [2.75, 3.05) is 12.8 Å². The second kappa shape index (κ2) is 4.06. The molecule has 16 heavy (non-hydrogen) atoms. The van der Waals surface area contributed by atoms with E-state index in [1.54, 1.807) is 7.11 Å². The van der Waals surface area contributed by atoms with E-state index in [-0.39, 0.29) is 5.88 Å². The maximum Gasteiger partial charge on any atom is 0.241 e. The second-order valence-corrected chi connectivity index (χ2v) is 3.77. The van der Waals surface area contributed by atoms with Crippen molar-refractivity contribution in [3.63, 3.8) is 0 Å². The molecule has 0 atom stereocenters. The lowest BCUT2D eigenvalue weighted by Gasteiger charge is -2.05. The van der Waals surface area contributed by atoms with Gasteiger partial charge in [-0.1, -0.05) is 16.8 Å². The first kappa shape index (κ1) is 10.8. The Morgan fingerprint density at radius 2 is 2.19 bits per heavy atom. The molecule has 0 saturated heterocycles. The average molecular weight is 239 g/mol. The van der Waals surface area contributed by atoms with Crippen LogP contribution in [0.25, 0.3) is 11.3 Å². The molecule has 5 heteroatoms. The summed E-state index contributed by atoms with van der Waals surface area (Å²) in [6, 6.07) is 5.63. The Hall–Kier alpha value is -1.68. The third-order valence-corrected chi connectivity index (χ3v) is 2.69. The molecule has 4 nitrogen and oxygen atoms in total. The maximum atomic E-state index is 5.96. The minimum atomic E-state index is 0.130. The zero-order chi connectivity index (χ0) is 11.7. The fourth-order valence-corrected chi connectivity index (χ4v) is 1.67. The highest BCUT2D eigenvalue weighted by Gasteiger charge is 2.13. The molecule has 1 aromatic carbocycles. The van der Waals surface area contributed by atoms with Crippen molar-refractivity contribution in [3.05, 3.63) is 28.8 Å². The number of methoxy groups -OCH3 is 1. The van der Waals surface area contributed by atoms with Gasteiger partial charge in [-0.25, -0.2) is 0 Å². The van der Waals surface area contributed by atoms with Gasteiger partial charge in [0.05, 0.1) is 7.11 Å². The molecule has 0 aliphatic heterocycles. The summed E-state index contributed by atoms with van der Waals surface area (Å²) < 4.78 is 9.98. The number of anilines is 1. The van der Waals surface area contributed by atoms with Crippen molar-refractivity contribution in [2.24, 2.45) is 0 Å². The van der Waals surface area contributed by atoms with Gasteiger partial charge in [-0.2, -0.15) is 0 Å². The lowest BCUT2D eigenvalue weighted by molar-refractivity contribution is 0.411. The van der Waals surface area contributed by atoms with E-state index in [9.17, 15) is 0 Å². The van der Waals surface area contributed by atoms with E-state index < -0.39 is 0 Å². The predicted octanol–water partition coefficient (Wildman–Crippen LogP) is 2.89. The number of hydrogen-bond donors (Lipinski definition) is 1. The quantitative estimate of drug-likeness (QED) is 0.874. The summed E-state index contributed by atoms with van der Waals surface area (Å²) in [4.78, 5) is 0. The van der Waals surface area contributed by atoms with Gasteiger partial charge < -0.3 is 15.0 Å². The zero-order valence-corrected chi connectivity index (χ0v) is 9.71. The third kappa shape index (κ3) is 1.72. The van der Waals surface area contributed by atoms with Crippen molar-refractivity contribution < 1.29 is 9.26 Å². The molecule has 0 aliphatic rings. The summed E-state index contributed by atoms with van der Waals surface area (Å²) >= 11 is 5.96. The van der Waals surface area contributed by atoms with E-state index in [4.69, 9.17) is 26.6 Å². The Bertz CT molecular complexity index is 523. The van der Waals surface area contributed by atoms with E-state index in [1.165, 1.54) is 0 Å². The average Bonchev–Trinajstić information content (AvgIpc) is 2.60. The molecule has 0 radical (unpaired) electrons. The van der Waals surface area contributed by atoms with Crippen LogP contribution < -0.4 is 10.5 Å². The number of halogens is 1. The Kier molecular flexibility index (Phi) is 2.75. The van der Waals surface area contributed by atoms with Crippen molar-refractivity contribution in [1.82, 2.24) is 5.16 Å². The summed E-state index contributed by atoms with van der Waals surface area (Å²) in [5.74, 6) is 0.946. The second-order valence-electron chi connectivity index (χ2n) is 3.39. The highest BCUT2D eigenvalue weighted by Crippen LogP contribution is 2.33. The van der Waals surface area contributed by atoms with Gasteiger partial charge in [0, 0.05) is 5.56 Å². The summed E-state index contributed by atoms with van der Waals surface area (Å²) in [6.07, 6.45) is 0. The van der Waals surface area contributed by atoms with Crippen LogP contribution >= 0.6 is 11.6 Å². The van der Waals surface area contributed by atoms with Crippen LogP contribution in [0, 0.1) is 6.92 Å². The summed E-state index contributed by atoms with van der Waals surface area (Å²) in [5, 5.41) is 4.15. The smallest absolute Gasteiger partial charge is 0.241 e. The number of nitrogens with two attached hydrogens (primary N) is 1. The van der Waals surface area contributed by atoms with E-state index >= 15 is 0 Å². The number of nitrogens with zero attached hydrogens (tertiary/aromatic N) is 1. The molecule has 1 heterocycles. The normalized spacial score (nSPS) is 10.4. The summed E-state index contributed by atoms with van der Waals surface area (Å²) in [5.41, 5.74) is 7.88. The molecule has 0 amide bonds. The molecule has 0 bridgehead atoms. The molecule has 0 fully saturated rings. The standard InChI is InChI=1S/C11H11ClN2O2/c1-6-5-7(3-4-8(6)15-2)10-9(12)11(13)16-14-10/h3-5H,13H2,1-2H3. The number of rotatable bonds is 2. The molecule has 2 N–H and O–H groups in total. The molecule has 0 aliphatic carbocycles. The van der Waals surface area contributed by atoms with E-state index in [1.807, 2.05) is 25.1 Å². The predicted molar refractivity (Wildman–Crippen MR) is 62.7 cm³/mol. The third-order valence-electron chi connectivity index (χ3n) is 2.33. The fourth-order valence-electron chi connectivity index (χ4n) is 1.50. The van der Waals surface area contributed by atoms with Crippen molar-refractivity contribution in [2.45, 2.75) is 6.92 Å². The molecule has 1 aromatic heterocycles. The molecule has 2 aromatic rings. The number of nitrogen functional groups attached to an aromatic ring is 1. The molecular formula is C11H11ClN2O2. The van der Waals surface area contributed by atoms with Gasteiger partial charge in [0.15, 0.2) is 0 Å². The Balaban J connectivity index is 2.49. The fraction of sp³-hybridized carbons (Fsp3) is 0.182. The Labute approximate surface area is 97.9 Å². The molecular weight excluding hydrogens is 228 g/mol. The van der Waals surface area contributed by atoms with Gasteiger partial charge in [0.25, 0.3) is 0 Å². The number of ether oxygens (including phenoxy) is 1. The molecule has 84 valence electrons. The molecule has 0 saturated carbocycles. The monoisotopic (exact) mass is 238 g/mol. The molecule has 2 rings (SSSR count). The van der Waals surface area contributed by atoms with Crippen LogP contribution in [0.3, 0.4) is 0 Å². The molecule has 0 unspecified atom stereocenters. The minimum Gasteiger partial charge on any atom is -0.496 e. The van der Waals surface area contributed by atoms with Crippen LogP contribution in [-0.4, -0.2) is 12.3 Å². The highest BCUT2D eigenvalue weighted by atomic mass is 35.5. The zero-order valence-electron chi connectivity index (χ0n) is 8.95. The van der Waals surface area contributed by atoms with Gasteiger partial charge in [-0.15, -0.1) is 0 Å². The van der Waals surface area contributed by atoms with E-state index in [0.29, 0.717) is 10.7 Å². The molecule has 0 spiro atoms. The van der Waals surface area contributed by atoms with Gasteiger partial charge in [0.2, 0.25) is 5.88 Å². The van der Waals surface area contributed by atoms with Crippen LogP contribution in [0.15, 0.2) is 22.7 Å². The van der Waals surface area contributed by atoms with Crippen LogP contribution in [0.4, 0.5) is 5.88 Å². The lowest BCUT2D eigenvalue weighted by atomic mass is 10.1. The van der Waals surface area contributed by atoms with Crippen molar-refractivity contribution in [3.8, 4) is 17.0 Å². The Morgan fingerprint density at radius 3 is 2.69 bits per heavy atom. The van der Waals surface area contributed by atoms with E-state index in [0.717, 1.165) is 16.9 Å². The summed E-state index contributed by atoms with van der Waals surface area (Å²) in [6.45, 7) is 1.94. The lowest BCUT2D eigenvalue weighted by Crippen LogP contribution is -1.88. The largest absolute Gasteiger partial charge is 0.496 e. The van der Waals surface area contributed by atoms with Crippen LogP contribution in [0.1, 0.15) is 5.56 Å². The van der Waals surface area contributed by atoms with Crippen molar-refractivity contribution >= 4 is 17.5 Å². The van der Waals surface area contributed by atoms with Crippen LogP contribution in [-0.2, 0) is 0 Å². The SMILES string of the molecule is COc1ccc(-c2noc(N)c2Cl)cc1C. The first-order valence-corrected chi connectivity index (χ1v) is 5.07. The minimum absolute atomic E-state index is 0.130. The van der Waals surface area contributed by atoms with Crippen LogP contribution in [0.2, 0.25) is 5.02 Å². The van der Waals surface area contributed by atoms with Crippen molar-refractivity contribution in [1.29, 1.82) is 0 Å². The number of benzene rings is 1. The van der Waals surface area contributed by atoms with E-state index in [2.05, 4.69) is 5.16 Å². The van der Waals surface area contributed by atoms with Gasteiger partial charge in [-0.3, -0.25) is 0 Å². The first-order valence-electron chi connectivity index (χ1n) is 4.69. The Morgan fingerprint density at radius 1 is 1.44 bits per heavy atom. The first-order chi connectivity index (χ1) is 7.63. The highest BCUT2D eigenvalue weighted by molar-refractivity contribution is 6.35. The van der Waals surface area contributed by atoms with Crippen LogP contribution in [0.5, 0.6) is 5.75 Å². The number of aromatic nitrogens is 1. The van der Waals surface area contributed by atoms with Gasteiger partial charge in [-0.05, 0) is 30.7 Å².